The predicted octanol–water partition coefficient (Wildman–Crippen LogP) is 3.38. The number of thioether (sulfide) groups is 1. The van der Waals surface area contributed by atoms with Crippen molar-refractivity contribution in [1.82, 2.24) is 10.6 Å². The van der Waals surface area contributed by atoms with E-state index in [1.54, 1.807) is 0 Å². The zero-order valence-electron chi connectivity index (χ0n) is 13.6. The molecule has 4 unspecified atom stereocenters. The van der Waals surface area contributed by atoms with Crippen molar-refractivity contribution in [2.45, 2.75) is 55.9 Å². The van der Waals surface area contributed by atoms with Crippen molar-refractivity contribution in [3.8, 4) is 0 Å². The van der Waals surface area contributed by atoms with E-state index in [0.717, 1.165) is 17.8 Å². The SMILES string of the molecule is CCN=C(NC1CCC(SC)C1)NC1CC1c1ccccc1. The number of nitrogens with zero attached hydrogens (tertiary/aromatic N) is 1. The molecule has 2 aliphatic rings. The van der Waals surface area contributed by atoms with Crippen LogP contribution in [-0.2, 0) is 0 Å². The second-order valence-corrected chi connectivity index (χ2v) is 7.48. The van der Waals surface area contributed by atoms with Gasteiger partial charge in [0, 0.05) is 29.8 Å². The summed E-state index contributed by atoms with van der Waals surface area (Å²) in [7, 11) is 0. The monoisotopic (exact) mass is 317 g/mol. The molecule has 4 heteroatoms. The van der Waals surface area contributed by atoms with Crippen LogP contribution in [0, 0.1) is 0 Å². The molecule has 1 aromatic carbocycles. The highest BCUT2D eigenvalue weighted by Crippen LogP contribution is 2.40. The van der Waals surface area contributed by atoms with Crippen molar-refractivity contribution in [1.29, 1.82) is 0 Å². The van der Waals surface area contributed by atoms with E-state index in [9.17, 15) is 0 Å². The fraction of sp³-hybridized carbons (Fsp3) is 0.611. The van der Waals surface area contributed by atoms with Gasteiger partial charge in [0.05, 0.1) is 0 Å². The lowest BCUT2D eigenvalue weighted by Gasteiger charge is -2.18. The van der Waals surface area contributed by atoms with Crippen LogP contribution in [0.15, 0.2) is 35.3 Å². The van der Waals surface area contributed by atoms with E-state index in [1.165, 1.54) is 31.2 Å². The summed E-state index contributed by atoms with van der Waals surface area (Å²) in [5.74, 6) is 1.66. The molecule has 4 atom stereocenters. The zero-order chi connectivity index (χ0) is 15.4. The third-order valence-electron chi connectivity index (χ3n) is 4.72. The van der Waals surface area contributed by atoms with E-state index in [0.29, 0.717) is 18.0 Å². The first-order valence-corrected chi connectivity index (χ1v) is 9.74. The van der Waals surface area contributed by atoms with Crippen LogP contribution in [0.2, 0.25) is 0 Å². The first kappa shape index (κ1) is 15.7. The van der Waals surface area contributed by atoms with Crippen molar-refractivity contribution in [3.05, 3.63) is 35.9 Å². The van der Waals surface area contributed by atoms with Gasteiger partial charge >= 0.3 is 0 Å². The number of rotatable bonds is 5. The van der Waals surface area contributed by atoms with Crippen LogP contribution in [0.5, 0.6) is 0 Å². The molecule has 22 heavy (non-hydrogen) atoms. The summed E-state index contributed by atoms with van der Waals surface area (Å²) in [5, 5.41) is 8.10. The molecular weight excluding hydrogens is 290 g/mol. The molecule has 0 bridgehead atoms. The Morgan fingerprint density at radius 3 is 2.68 bits per heavy atom. The highest BCUT2D eigenvalue weighted by Gasteiger charge is 2.39. The van der Waals surface area contributed by atoms with Gasteiger partial charge in [-0.3, -0.25) is 4.99 Å². The summed E-state index contributed by atoms with van der Waals surface area (Å²) >= 11 is 2.00. The minimum absolute atomic E-state index is 0.540. The number of guanidine groups is 1. The maximum absolute atomic E-state index is 4.63. The molecule has 0 heterocycles. The molecule has 2 saturated carbocycles. The average Bonchev–Trinajstić information content (AvgIpc) is 3.16. The van der Waals surface area contributed by atoms with E-state index in [4.69, 9.17) is 0 Å². The minimum Gasteiger partial charge on any atom is -0.354 e. The van der Waals surface area contributed by atoms with Crippen molar-refractivity contribution in [3.63, 3.8) is 0 Å². The quantitative estimate of drug-likeness (QED) is 0.646. The van der Waals surface area contributed by atoms with Gasteiger partial charge in [0.2, 0.25) is 0 Å². The summed E-state index contributed by atoms with van der Waals surface area (Å²) in [4.78, 5) is 4.63. The third-order valence-corrected chi connectivity index (χ3v) is 5.81. The Labute approximate surface area is 138 Å². The van der Waals surface area contributed by atoms with Crippen molar-refractivity contribution < 1.29 is 0 Å². The van der Waals surface area contributed by atoms with Gasteiger partial charge < -0.3 is 10.6 Å². The molecule has 0 aromatic heterocycles. The molecule has 0 spiro atoms. The van der Waals surface area contributed by atoms with E-state index in [1.807, 2.05) is 11.8 Å². The number of benzene rings is 1. The Kier molecular flexibility index (Phi) is 5.29. The van der Waals surface area contributed by atoms with Crippen LogP contribution in [0.4, 0.5) is 0 Å². The van der Waals surface area contributed by atoms with Gasteiger partial charge in [-0.25, -0.2) is 0 Å². The highest BCUT2D eigenvalue weighted by atomic mass is 32.2. The third kappa shape index (κ3) is 3.97. The average molecular weight is 318 g/mol. The minimum atomic E-state index is 0.540. The predicted molar refractivity (Wildman–Crippen MR) is 96.8 cm³/mol. The summed E-state index contributed by atoms with van der Waals surface area (Å²) in [5.41, 5.74) is 1.44. The standard InChI is InChI=1S/C18H27N3S/c1-3-19-18(20-14-9-10-15(11-14)22-2)21-17-12-16(17)13-7-5-4-6-8-13/h4-8,14-17H,3,9-12H2,1-2H3,(H2,19,20,21). The van der Waals surface area contributed by atoms with Crippen molar-refractivity contribution in [2.24, 2.45) is 4.99 Å². The van der Waals surface area contributed by atoms with Crippen LogP contribution in [-0.4, -0.2) is 36.1 Å². The normalized spacial score (nSPS) is 31.1. The number of aliphatic imine (C=N–C) groups is 1. The van der Waals surface area contributed by atoms with Crippen LogP contribution in [0.25, 0.3) is 0 Å². The molecular formula is C18H27N3S. The fourth-order valence-electron chi connectivity index (χ4n) is 3.37. The molecule has 2 fully saturated rings. The second kappa shape index (κ2) is 7.40. The molecule has 0 saturated heterocycles. The molecule has 0 amide bonds. The second-order valence-electron chi connectivity index (χ2n) is 6.34. The van der Waals surface area contributed by atoms with E-state index in [-0.39, 0.29) is 0 Å². The van der Waals surface area contributed by atoms with Crippen LogP contribution in [0.1, 0.15) is 44.1 Å². The number of hydrogen-bond acceptors (Lipinski definition) is 2. The maximum atomic E-state index is 4.63. The molecule has 1 aromatic rings. The van der Waals surface area contributed by atoms with Gasteiger partial charge in [0.15, 0.2) is 5.96 Å². The van der Waals surface area contributed by atoms with Crippen molar-refractivity contribution >= 4 is 17.7 Å². The number of nitrogens with one attached hydrogen (secondary N) is 2. The van der Waals surface area contributed by atoms with Crippen LogP contribution < -0.4 is 10.6 Å². The summed E-state index contributed by atoms with van der Waals surface area (Å²) in [6.07, 6.45) is 7.29. The Balaban J connectivity index is 1.52. The van der Waals surface area contributed by atoms with Gasteiger partial charge in [-0.15, -0.1) is 0 Å². The number of hydrogen-bond donors (Lipinski definition) is 2. The lowest BCUT2D eigenvalue weighted by Crippen LogP contribution is -2.44. The Morgan fingerprint density at radius 1 is 1.18 bits per heavy atom. The lowest BCUT2D eigenvalue weighted by atomic mass is 10.1. The smallest absolute Gasteiger partial charge is 0.191 e. The molecule has 3 nitrogen and oxygen atoms in total. The Hall–Kier alpha value is -1.16. The maximum Gasteiger partial charge on any atom is 0.191 e. The first-order valence-electron chi connectivity index (χ1n) is 8.45. The van der Waals surface area contributed by atoms with E-state index < -0.39 is 0 Å². The van der Waals surface area contributed by atoms with Crippen molar-refractivity contribution in [2.75, 3.05) is 12.8 Å². The van der Waals surface area contributed by atoms with E-state index in [2.05, 4.69) is 59.1 Å². The van der Waals surface area contributed by atoms with Gasteiger partial charge in [-0.1, -0.05) is 30.3 Å². The van der Waals surface area contributed by atoms with Crippen LogP contribution in [0.3, 0.4) is 0 Å². The molecule has 0 aliphatic heterocycles. The zero-order valence-corrected chi connectivity index (χ0v) is 14.4. The molecule has 0 radical (unpaired) electrons. The summed E-state index contributed by atoms with van der Waals surface area (Å²) in [6.45, 7) is 2.93. The fourth-order valence-corrected chi connectivity index (χ4v) is 4.17. The largest absolute Gasteiger partial charge is 0.354 e. The van der Waals surface area contributed by atoms with Gasteiger partial charge in [0.1, 0.15) is 0 Å². The molecule has 2 aliphatic carbocycles. The van der Waals surface area contributed by atoms with E-state index >= 15 is 0 Å². The highest BCUT2D eigenvalue weighted by molar-refractivity contribution is 7.99. The first-order chi connectivity index (χ1) is 10.8. The summed E-state index contributed by atoms with van der Waals surface area (Å²) < 4.78 is 0. The topological polar surface area (TPSA) is 36.4 Å². The molecule has 120 valence electrons. The summed E-state index contributed by atoms with van der Waals surface area (Å²) in [6, 6.07) is 11.9. The Morgan fingerprint density at radius 2 is 2.00 bits per heavy atom. The molecule has 2 N–H and O–H groups in total. The van der Waals surface area contributed by atoms with Gasteiger partial charge in [-0.2, -0.15) is 11.8 Å². The lowest BCUT2D eigenvalue weighted by molar-refractivity contribution is 0.612. The molecule has 3 rings (SSSR count). The van der Waals surface area contributed by atoms with Gasteiger partial charge in [-0.05, 0) is 44.4 Å². The Bertz CT molecular complexity index is 502. The van der Waals surface area contributed by atoms with Gasteiger partial charge in [0.25, 0.3) is 0 Å². The van der Waals surface area contributed by atoms with Crippen LogP contribution >= 0.6 is 11.8 Å².